The molecule has 1 aliphatic rings. The monoisotopic (exact) mass is 375 g/mol. The second-order valence-electron chi connectivity index (χ2n) is 6.77. The summed E-state index contributed by atoms with van der Waals surface area (Å²) in [7, 11) is 1.70. The van der Waals surface area contributed by atoms with Gasteiger partial charge in [-0.25, -0.2) is 4.42 Å². The molecule has 6 heteroatoms. The Labute approximate surface area is 160 Å². The number of rotatable bonds is 7. The fourth-order valence-corrected chi connectivity index (χ4v) is 3.85. The maximum Gasteiger partial charge on any atom is 0.210 e. The Balaban J connectivity index is 1.86. The molecule has 0 saturated carbocycles. The van der Waals surface area contributed by atoms with Crippen molar-refractivity contribution in [2.24, 2.45) is 0 Å². The van der Waals surface area contributed by atoms with Gasteiger partial charge in [-0.05, 0) is 60.4 Å². The van der Waals surface area contributed by atoms with Crippen LogP contribution in [-0.4, -0.2) is 53.5 Å². The summed E-state index contributed by atoms with van der Waals surface area (Å²) in [6.45, 7) is 4.27. The summed E-state index contributed by atoms with van der Waals surface area (Å²) in [5.41, 5.74) is 3.30. The first-order chi connectivity index (χ1) is 12.7. The number of hydrogen-bond acceptors (Lipinski definition) is 4. The molecule has 0 spiro atoms. The largest absolute Gasteiger partial charge is 0.375 e. The third-order valence-corrected chi connectivity index (χ3v) is 5.61. The van der Waals surface area contributed by atoms with Crippen LogP contribution in [0.25, 0.3) is 10.9 Å². The lowest BCUT2D eigenvalue weighted by molar-refractivity contribution is -0.123. The van der Waals surface area contributed by atoms with Crippen molar-refractivity contribution in [2.45, 2.75) is 38.3 Å². The average molecular weight is 376 g/mol. The molecular formula is C20H26ClN3O2. The van der Waals surface area contributed by atoms with Gasteiger partial charge in [-0.15, -0.1) is 0 Å². The fraction of sp³-hybridized carbons (Fsp3) is 0.500. The molecule has 3 rings (SSSR count). The molecule has 1 atom stereocenters. The molecule has 2 heterocycles. The van der Waals surface area contributed by atoms with Crippen LogP contribution in [0.1, 0.15) is 37.0 Å². The molecule has 0 N–H and O–H groups in total. The molecule has 1 fully saturated rings. The minimum absolute atomic E-state index is 0.188. The van der Waals surface area contributed by atoms with Crippen molar-refractivity contribution < 1.29 is 9.53 Å². The summed E-state index contributed by atoms with van der Waals surface area (Å²) in [4.78, 5) is 18.1. The number of aryl methyl sites for hydroxylation is 1. The third kappa shape index (κ3) is 4.17. The molecular weight excluding hydrogens is 350 g/mol. The first-order valence-electron chi connectivity index (χ1n) is 9.18. The second kappa shape index (κ2) is 8.80. The van der Waals surface area contributed by atoms with E-state index < -0.39 is 0 Å². The number of hydrogen-bond donors (Lipinski definition) is 0. The lowest BCUT2D eigenvalue weighted by Crippen LogP contribution is -2.43. The van der Waals surface area contributed by atoms with Gasteiger partial charge < -0.3 is 9.64 Å². The minimum atomic E-state index is -0.188. The molecule has 1 unspecified atom stereocenters. The summed E-state index contributed by atoms with van der Waals surface area (Å²) in [6.07, 6.45) is 5.31. The zero-order valence-electron chi connectivity index (χ0n) is 15.4. The van der Waals surface area contributed by atoms with E-state index in [1.54, 1.807) is 11.5 Å². The number of carbonyl (C=O) groups excluding carboxylic acids is 1. The normalized spacial score (nSPS) is 17.3. The maximum absolute atomic E-state index is 11.7. The van der Waals surface area contributed by atoms with Gasteiger partial charge in [-0.1, -0.05) is 13.0 Å². The van der Waals surface area contributed by atoms with Crippen LogP contribution < -0.4 is 0 Å². The van der Waals surface area contributed by atoms with Crippen molar-refractivity contribution in [1.29, 1.82) is 0 Å². The lowest BCUT2D eigenvalue weighted by Gasteiger charge is -2.35. The van der Waals surface area contributed by atoms with Crippen LogP contribution in [0.15, 0.2) is 30.5 Å². The van der Waals surface area contributed by atoms with Crippen molar-refractivity contribution in [3.8, 4) is 0 Å². The lowest BCUT2D eigenvalue weighted by atomic mass is 9.99. The van der Waals surface area contributed by atoms with Gasteiger partial charge in [0.25, 0.3) is 0 Å². The number of ether oxygens (including phenoxy) is 1. The van der Waals surface area contributed by atoms with E-state index in [9.17, 15) is 4.79 Å². The maximum atomic E-state index is 11.7. The second-order valence-corrected chi connectivity index (χ2v) is 7.25. The van der Waals surface area contributed by atoms with Crippen molar-refractivity contribution in [3.05, 3.63) is 41.6 Å². The van der Waals surface area contributed by atoms with E-state index in [1.807, 2.05) is 17.2 Å². The summed E-state index contributed by atoms with van der Waals surface area (Å²) < 4.78 is 7.59. The summed E-state index contributed by atoms with van der Waals surface area (Å²) in [6, 6.07) is 8.55. The van der Waals surface area contributed by atoms with E-state index in [2.05, 4.69) is 30.1 Å². The number of piperidine rings is 1. The van der Waals surface area contributed by atoms with E-state index in [-0.39, 0.29) is 12.1 Å². The minimum Gasteiger partial charge on any atom is -0.375 e. The molecule has 1 amide bonds. The van der Waals surface area contributed by atoms with Crippen LogP contribution in [0.5, 0.6) is 0 Å². The van der Waals surface area contributed by atoms with Gasteiger partial charge in [0.1, 0.15) is 6.10 Å². The zero-order chi connectivity index (χ0) is 18.5. The van der Waals surface area contributed by atoms with E-state index in [1.165, 1.54) is 5.56 Å². The molecule has 1 aromatic carbocycles. The first kappa shape index (κ1) is 19.1. The third-order valence-electron chi connectivity index (χ3n) is 5.27. The average Bonchev–Trinajstić information content (AvgIpc) is 2.69. The van der Waals surface area contributed by atoms with E-state index in [0.29, 0.717) is 6.54 Å². The molecule has 0 aliphatic carbocycles. The highest BCUT2D eigenvalue weighted by Gasteiger charge is 2.26. The number of halogens is 1. The smallest absolute Gasteiger partial charge is 0.210 e. The van der Waals surface area contributed by atoms with Crippen LogP contribution in [0.4, 0.5) is 0 Å². The van der Waals surface area contributed by atoms with E-state index in [0.717, 1.165) is 55.2 Å². The Bertz CT molecular complexity index is 747. The van der Waals surface area contributed by atoms with Gasteiger partial charge in [0.15, 0.2) is 0 Å². The van der Waals surface area contributed by atoms with Crippen LogP contribution >= 0.6 is 11.8 Å². The first-order valence-corrected chi connectivity index (χ1v) is 9.52. The van der Waals surface area contributed by atoms with Gasteiger partial charge in [-0.2, -0.15) is 0 Å². The summed E-state index contributed by atoms with van der Waals surface area (Å²) in [5.74, 6) is 0. The molecule has 0 radical (unpaired) electrons. The summed E-state index contributed by atoms with van der Waals surface area (Å²) >= 11 is 6.05. The molecule has 1 aliphatic heterocycles. The number of fused-ring (bicyclic) bond motifs is 1. The Morgan fingerprint density at radius 2 is 2.15 bits per heavy atom. The Morgan fingerprint density at radius 3 is 2.81 bits per heavy atom. The van der Waals surface area contributed by atoms with Crippen LogP contribution in [0, 0.1) is 0 Å². The zero-order valence-corrected chi connectivity index (χ0v) is 16.2. The number of amides is 1. The van der Waals surface area contributed by atoms with Crippen molar-refractivity contribution in [3.63, 3.8) is 0 Å². The molecule has 1 saturated heterocycles. The molecule has 26 heavy (non-hydrogen) atoms. The Morgan fingerprint density at radius 1 is 1.38 bits per heavy atom. The molecule has 140 valence electrons. The quantitative estimate of drug-likeness (QED) is 0.548. The fourth-order valence-electron chi connectivity index (χ4n) is 3.65. The van der Waals surface area contributed by atoms with E-state index >= 15 is 0 Å². The Hall–Kier alpha value is -1.69. The van der Waals surface area contributed by atoms with Crippen LogP contribution in [0.2, 0.25) is 0 Å². The van der Waals surface area contributed by atoms with Crippen LogP contribution in [0.3, 0.4) is 0 Å². The van der Waals surface area contributed by atoms with Crippen molar-refractivity contribution in [1.82, 2.24) is 14.3 Å². The van der Waals surface area contributed by atoms with E-state index in [4.69, 9.17) is 16.5 Å². The number of carbonyl (C=O) groups is 1. The topological polar surface area (TPSA) is 45.7 Å². The van der Waals surface area contributed by atoms with Gasteiger partial charge in [0, 0.05) is 37.8 Å². The van der Waals surface area contributed by atoms with Gasteiger partial charge in [0.05, 0.1) is 12.1 Å². The van der Waals surface area contributed by atoms with Crippen LogP contribution in [-0.2, 0) is 16.0 Å². The van der Waals surface area contributed by atoms with Gasteiger partial charge in [-0.3, -0.25) is 9.78 Å². The Kier molecular flexibility index (Phi) is 6.46. The van der Waals surface area contributed by atoms with Crippen molar-refractivity contribution >= 4 is 29.1 Å². The summed E-state index contributed by atoms with van der Waals surface area (Å²) in [5, 5.41) is 1.10. The molecule has 1 aromatic heterocycles. The highest BCUT2D eigenvalue weighted by Crippen LogP contribution is 2.28. The number of benzene rings is 1. The molecule has 5 nitrogen and oxygen atoms in total. The molecule has 2 aromatic rings. The van der Waals surface area contributed by atoms with Crippen molar-refractivity contribution in [2.75, 3.05) is 26.7 Å². The predicted molar refractivity (Wildman–Crippen MR) is 104 cm³/mol. The SMILES string of the molecule is CCc1ccc2nccc(C(CN(C=O)C3CCN(Cl)CC3)OC)c2c1. The highest BCUT2D eigenvalue weighted by atomic mass is 35.5. The number of methoxy groups -OCH3 is 1. The van der Waals surface area contributed by atoms with Gasteiger partial charge >= 0.3 is 0 Å². The highest BCUT2D eigenvalue weighted by molar-refractivity contribution is 6.13. The number of aromatic nitrogens is 1. The number of pyridine rings is 1. The standard InChI is InChI=1S/C20H26ClN3O2/c1-3-15-4-5-19-18(12-15)17(6-9-22-19)20(26-2)13-23(14-25)16-7-10-24(21)11-8-16/h4-6,9,12,14,16,20H,3,7-8,10-11,13H2,1-2H3. The molecule has 0 bridgehead atoms. The number of nitrogens with zero attached hydrogens (tertiary/aromatic N) is 3. The van der Waals surface area contributed by atoms with Gasteiger partial charge in [0.2, 0.25) is 6.41 Å². The predicted octanol–water partition coefficient (Wildman–Crippen LogP) is 3.56.